The maximum atomic E-state index is 12.2. The highest BCUT2D eigenvalue weighted by Gasteiger charge is 2.69. The number of nitro groups is 2. The first-order chi connectivity index (χ1) is 11.3. The van der Waals surface area contributed by atoms with E-state index in [9.17, 15) is 25.0 Å². The van der Waals surface area contributed by atoms with Crippen LogP contribution in [0.3, 0.4) is 0 Å². The number of piperidine rings is 2. The van der Waals surface area contributed by atoms with E-state index in [0.717, 1.165) is 11.1 Å². The molecular weight excluding hydrogens is 316 g/mol. The number of hydrogen-bond donors (Lipinski definition) is 1. The highest BCUT2D eigenvalue weighted by atomic mass is 16.6. The van der Waals surface area contributed by atoms with Gasteiger partial charge < -0.3 is 5.32 Å². The second-order valence-corrected chi connectivity index (χ2v) is 6.76. The molecule has 2 aliphatic heterocycles. The molecule has 9 heteroatoms. The number of carbonyl (C=O) groups is 1. The summed E-state index contributed by atoms with van der Waals surface area (Å²) in [5.41, 5.74) is -1.54. The molecule has 0 aliphatic carbocycles. The first-order valence-corrected chi connectivity index (χ1v) is 7.63. The van der Waals surface area contributed by atoms with Crippen LogP contribution in [0, 0.1) is 27.2 Å². The van der Waals surface area contributed by atoms with E-state index in [4.69, 9.17) is 0 Å². The smallest absolute Gasteiger partial charge is 0.317 e. The van der Waals surface area contributed by atoms with E-state index in [0.29, 0.717) is 6.54 Å². The lowest BCUT2D eigenvalue weighted by atomic mass is 9.74. The Morgan fingerprint density at radius 1 is 1.25 bits per heavy atom. The quantitative estimate of drug-likeness (QED) is 0.627. The van der Waals surface area contributed by atoms with Crippen LogP contribution in [0.5, 0.6) is 0 Å². The minimum Gasteiger partial charge on any atom is -0.343 e. The molecule has 1 aromatic rings. The Labute approximate surface area is 137 Å². The summed E-state index contributed by atoms with van der Waals surface area (Å²) >= 11 is 0. The van der Waals surface area contributed by atoms with Crippen LogP contribution in [-0.2, 0) is 11.3 Å². The summed E-state index contributed by atoms with van der Waals surface area (Å²) < 4.78 is 0. The highest BCUT2D eigenvalue weighted by Crippen LogP contribution is 2.37. The Morgan fingerprint density at radius 2 is 2.00 bits per heavy atom. The molecule has 2 unspecified atom stereocenters. The van der Waals surface area contributed by atoms with Crippen LogP contribution in [0.2, 0.25) is 0 Å². The van der Waals surface area contributed by atoms with Crippen molar-refractivity contribution < 1.29 is 14.6 Å². The van der Waals surface area contributed by atoms with Gasteiger partial charge in [0.15, 0.2) is 0 Å². The van der Waals surface area contributed by atoms with Crippen molar-refractivity contribution in [2.24, 2.45) is 0 Å². The van der Waals surface area contributed by atoms with Crippen molar-refractivity contribution in [3.8, 4) is 0 Å². The Hall–Kier alpha value is -2.55. The molecule has 2 aliphatic rings. The summed E-state index contributed by atoms with van der Waals surface area (Å²) in [6.45, 7) is 2.02. The fourth-order valence-corrected chi connectivity index (χ4v) is 3.75. The molecule has 0 spiro atoms. The SMILES string of the molecule is Cc1cccc(CN2CC3([N+](=O)[O-])CNC(=O)C([N+](=O)[O-])(C2)C3)c1. The summed E-state index contributed by atoms with van der Waals surface area (Å²) in [6, 6.07) is 7.60. The molecule has 0 aromatic heterocycles. The number of hydrogen-bond acceptors (Lipinski definition) is 6. The Morgan fingerprint density at radius 3 is 2.62 bits per heavy atom. The Kier molecular flexibility index (Phi) is 3.75. The van der Waals surface area contributed by atoms with Crippen LogP contribution >= 0.6 is 0 Å². The zero-order chi connectivity index (χ0) is 17.5. The molecule has 2 fully saturated rings. The molecule has 0 radical (unpaired) electrons. The van der Waals surface area contributed by atoms with Crippen LogP contribution in [0.4, 0.5) is 0 Å². The second kappa shape index (κ2) is 5.52. The fourth-order valence-electron chi connectivity index (χ4n) is 3.75. The molecule has 128 valence electrons. The van der Waals surface area contributed by atoms with Crippen LogP contribution in [0.1, 0.15) is 17.5 Å². The Bertz CT molecular complexity index is 724. The van der Waals surface area contributed by atoms with Crippen LogP contribution in [0.15, 0.2) is 24.3 Å². The second-order valence-electron chi connectivity index (χ2n) is 6.76. The number of benzene rings is 1. The van der Waals surface area contributed by atoms with Crippen molar-refractivity contribution in [1.29, 1.82) is 0 Å². The molecule has 1 amide bonds. The molecular formula is C15H18N4O5. The van der Waals surface area contributed by atoms with Crippen molar-refractivity contribution in [3.05, 3.63) is 55.6 Å². The lowest BCUT2D eigenvalue weighted by Gasteiger charge is -2.45. The maximum Gasteiger partial charge on any atom is 0.317 e. The van der Waals surface area contributed by atoms with Gasteiger partial charge in [-0.15, -0.1) is 0 Å². The van der Waals surface area contributed by atoms with Gasteiger partial charge >= 0.3 is 5.54 Å². The van der Waals surface area contributed by atoms with Crippen molar-refractivity contribution >= 4 is 5.91 Å². The molecule has 2 atom stereocenters. The van der Waals surface area contributed by atoms with E-state index in [1.54, 1.807) is 4.90 Å². The van der Waals surface area contributed by atoms with Gasteiger partial charge in [-0.1, -0.05) is 29.8 Å². The number of aryl methyl sites for hydroxylation is 1. The topological polar surface area (TPSA) is 119 Å². The maximum absolute atomic E-state index is 12.2. The summed E-state index contributed by atoms with van der Waals surface area (Å²) in [5, 5.41) is 25.6. The molecule has 0 saturated carbocycles. The summed E-state index contributed by atoms with van der Waals surface area (Å²) in [6.07, 6.45) is -0.365. The number of carbonyl (C=O) groups excluding carboxylic acids is 1. The van der Waals surface area contributed by atoms with Crippen molar-refractivity contribution in [1.82, 2.24) is 10.2 Å². The van der Waals surface area contributed by atoms with E-state index < -0.39 is 26.8 Å². The molecule has 2 saturated heterocycles. The number of amides is 1. The number of fused-ring (bicyclic) bond motifs is 2. The van der Waals surface area contributed by atoms with E-state index >= 15 is 0 Å². The largest absolute Gasteiger partial charge is 0.343 e. The predicted octanol–water partition coefficient (Wildman–Crippen LogP) is 0.362. The van der Waals surface area contributed by atoms with Gasteiger partial charge in [0.1, 0.15) is 6.42 Å². The number of rotatable bonds is 4. The Balaban J connectivity index is 1.95. The van der Waals surface area contributed by atoms with Gasteiger partial charge in [0.05, 0.1) is 19.6 Å². The number of nitrogens with zero attached hydrogens (tertiary/aromatic N) is 3. The van der Waals surface area contributed by atoms with Gasteiger partial charge in [-0.2, -0.15) is 0 Å². The third kappa shape index (κ3) is 2.50. The summed E-state index contributed by atoms with van der Waals surface area (Å²) in [4.78, 5) is 35.9. The molecule has 2 bridgehead atoms. The average Bonchev–Trinajstić information content (AvgIpc) is 2.51. The van der Waals surface area contributed by atoms with Gasteiger partial charge in [-0.25, -0.2) is 0 Å². The third-order valence-electron chi connectivity index (χ3n) is 4.85. The first kappa shape index (κ1) is 16.3. The van der Waals surface area contributed by atoms with Crippen molar-refractivity contribution in [3.63, 3.8) is 0 Å². The first-order valence-electron chi connectivity index (χ1n) is 7.63. The molecule has 2 heterocycles. The monoisotopic (exact) mass is 334 g/mol. The lowest BCUT2D eigenvalue weighted by molar-refractivity contribution is -0.618. The van der Waals surface area contributed by atoms with Crippen molar-refractivity contribution in [2.45, 2.75) is 31.0 Å². The van der Waals surface area contributed by atoms with Gasteiger partial charge in [0, 0.05) is 16.4 Å². The van der Waals surface area contributed by atoms with E-state index in [1.807, 2.05) is 31.2 Å². The normalized spacial score (nSPS) is 29.8. The van der Waals surface area contributed by atoms with Crippen molar-refractivity contribution in [2.75, 3.05) is 19.6 Å². The minimum absolute atomic E-state index is 0.0732. The highest BCUT2D eigenvalue weighted by molar-refractivity contribution is 5.86. The number of likely N-dealkylation sites (tertiary alicyclic amines) is 1. The average molecular weight is 334 g/mol. The standard InChI is InChI=1S/C15H18N4O5/c1-11-3-2-4-12(5-11)6-17-9-14(18(21)22)7-15(10-17,19(23)24)13(20)16-8-14/h2-5H,6-10H2,1H3,(H,16,20). The van der Waals surface area contributed by atoms with Crippen LogP contribution in [0.25, 0.3) is 0 Å². The lowest BCUT2D eigenvalue weighted by Crippen LogP contribution is -2.76. The van der Waals surface area contributed by atoms with E-state index in [2.05, 4.69) is 5.32 Å². The molecule has 9 nitrogen and oxygen atoms in total. The third-order valence-corrected chi connectivity index (χ3v) is 4.85. The zero-order valence-corrected chi connectivity index (χ0v) is 13.2. The minimum atomic E-state index is -1.96. The zero-order valence-electron chi connectivity index (χ0n) is 13.2. The van der Waals surface area contributed by atoms with E-state index in [1.165, 1.54) is 0 Å². The predicted molar refractivity (Wildman–Crippen MR) is 83.5 cm³/mol. The molecule has 24 heavy (non-hydrogen) atoms. The van der Waals surface area contributed by atoms with Gasteiger partial charge in [0.2, 0.25) is 0 Å². The number of nitrogens with one attached hydrogen (secondary N) is 1. The summed E-state index contributed by atoms with van der Waals surface area (Å²) in [7, 11) is 0. The molecule has 1 aromatic carbocycles. The van der Waals surface area contributed by atoms with Gasteiger partial charge in [-0.3, -0.25) is 29.9 Å². The van der Waals surface area contributed by atoms with Gasteiger partial charge in [-0.05, 0) is 12.5 Å². The molecule has 1 N–H and O–H groups in total. The van der Waals surface area contributed by atoms with Gasteiger partial charge in [0.25, 0.3) is 11.4 Å². The van der Waals surface area contributed by atoms with Crippen LogP contribution in [-0.4, -0.2) is 51.4 Å². The van der Waals surface area contributed by atoms with Crippen LogP contribution < -0.4 is 5.32 Å². The van der Waals surface area contributed by atoms with E-state index in [-0.39, 0.29) is 26.1 Å². The fraction of sp³-hybridized carbons (Fsp3) is 0.533. The summed E-state index contributed by atoms with van der Waals surface area (Å²) in [5.74, 6) is -0.737. The molecule has 3 rings (SSSR count).